The average molecular weight is 181 g/mol. The number of carboxylic acids is 1. The maximum absolute atomic E-state index is 10.1. The normalized spacial score (nSPS) is 9.15. The van der Waals surface area contributed by atoms with Crippen LogP contribution in [0.2, 0.25) is 0 Å². The van der Waals surface area contributed by atoms with Gasteiger partial charge in [0.05, 0.1) is 25.2 Å². The Morgan fingerprint density at radius 3 is 2.23 bits per heavy atom. The maximum atomic E-state index is 10.1. The Balaban J connectivity index is 3.65. The van der Waals surface area contributed by atoms with Crippen molar-refractivity contribution in [3.63, 3.8) is 0 Å². The molecule has 0 saturated heterocycles. The van der Waals surface area contributed by atoms with Crippen LogP contribution >= 0.6 is 0 Å². The predicted molar refractivity (Wildman–Crippen MR) is 44.5 cm³/mol. The van der Waals surface area contributed by atoms with Crippen LogP contribution in [0.5, 0.6) is 0 Å². The molecular weight excluding hydrogens is 170 g/mol. The molecular formula is C8H11N3O2. The van der Waals surface area contributed by atoms with Gasteiger partial charge in [0.15, 0.2) is 0 Å². The molecule has 70 valence electrons. The Morgan fingerprint density at radius 2 is 1.85 bits per heavy atom. The molecule has 13 heavy (non-hydrogen) atoms. The van der Waals surface area contributed by atoms with Crippen molar-refractivity contribution in [2.24, 2.45) is 0 Å². The zero-order valence-corrected chi connectivity index (χ0v) is 7.23. The van der Waals surface area contributed by atoms with Crippen LogP contribution in [-0.4, -0.2) is 35.6 Å². The monoisotopic (exact) mass is 181 g/mol. The Hall–Kier alpha value is -1.59. The van der Waals surface area contributed by atoms with Crippen LogP contribution < -0.4 is 0 Å². The van der Waals surface area contributed by atoms with Gasteiger partial charge in [0, 0.05) is 13.0 Å². The molecule has 1 N–H and O–H groups in total. The van der Waals surface area contributed by atoms with Crippen LogP contribution in [0, 0.1) is 22.7 Å². The number of carboxylic acid groups (broad SMARTS) is 1. The standard InChI is InChI=1S/C8H11N3O2/c9-3-6-11(7-4-10)5-1-2-8(12)13/h1-2,5-7H2,(H,12,13). The summed E-state index contributed by atoms with van der Waals surface area (Å²) in [7, 11) is 0. The van der Waals surface area contributed by atoms with E-state index in [0.29, 0.717) is 13.0 Å². The second-order valence-electron chi connectivity index (χ2n) is 2.52. The van der Waals surface area contributed by atoms with Crippen molar-refractivity contribution in [2.45, 2.75) is 12.8 Å². The van der Waals surface area contributed by atoms with E-state index in [9.17, 15) is 4.79 Å². The highest BCUT2D eigenvalue weighted by Gasteiger charge is 2.04. The number of hydrogen-bond donors (Lipinski definition) is 1. The first kappa shape index (κ1) is 11.4. The van der Waals surface area contributed by atoms with E-state index < -0.39 is 5.97 Å². The Labute approximate surface area is 76.8 Å². The number of nitrogens with zero attached hydrogens (tertiary/aromatic N) is 3. The molecule has 0 aliphatic carbocycles. The van der Waals surface area contributed by atoms with E-state index >= 15 is 0 Å². The third kappa shape index (κ3) is 6.79. The average Bonchev–Trinajstić information content (AvgIpc) is 2.04. The molecule has 0 bridgehead atoms. The van der Waals surface area contributed by atoms with Crippen molar-refractivity contribution in [2.75, 3.05) is 19.6 Å². The molecule has 0 spiro atoms. The summed E-state index contributed by atoms with van der Waals surface area (Å²) in [5, 5.41) is 25.0. The molecule has 0 rings (SSSR count). The number of rotatable bonds is 6. The number of hydrogen-bond acceptors (Lipinski definition) is 4. The maximum Gasteiger partial charge on any atom is 0.303 e. The van der Waals surface area contributed by atoms with E-state index in [1.54, 1.807) is 4.90 Å². The molecule has 0 aliphatic heterocycles. The molecule has 0 aliphatic rings. The smallest absolute Gasteiger partial charge is 0.303 e. The molecule has 0 atom stereocenters. The van der Waals surface area contributed by atoms with Gasteiger partial charge in [-0.05, 0) is 6.42 Å². The van der Waals surface area contributed by atoms with Gasteiger partial charge < -0.3 is 5.11 Å². The Bertz CT molecular complexity index is 223. The quantitative estimate of drug-likeness (QED) is 0.591. The summed E-state index contributed by atoms with van der Waals surface area (Å²) in [6, 6.07) is 3.84. The molecule has 0 heterocycles. The minimum absolute atomic E-state index is 0.0767. The fourth-order valence-electron chi connectivity index (χ4n) is 0.868. The first-order valence-corrected chi connectivity index (χ1v) is 3.88. The highest BCUT2D eigenvalue weighted by atomic mass is 16.4. The van der Waals surface area contributed by atoms with Gasteiger partial charge in [0.2, 0.25) is 0 Å². The van der Waals surface area contributed by atoms with Gasteiger partial charge in [-0.3, -0.25) is 9.69 Å². The van der Waals surface area contributed by atoms with Crippen LogP contribution in [0.15, 0.2) is 0 Å². The minimum Gasteiger partial charge on any atom is -0.481 e. The summed E-state index contributed by atoms with van der Waals surface area (Å²) in [6.07, 6.45) is 0.548. The largest absolute Gasteiger partial charge is 0.481 e. The SMILES string of the molecule is N#CCN(CC#N)CCCC(=O)O. The van der Waals surface area contributed by atoms with E-state index in [2.05, 4.69) is 0 Å². The van der Waals surface area contributed by atoms with E-state index in [1.165, 1.54) is 0 Å². The topological polar surface area (TPSA) is 88.1 Å². The molecule has 0 saturated carbocycles. The number of aliphatic carboxylic acids is 1. The second-order valence-corrected chi connectivity index (χ2v) is 2.52. The molecule has 0 aromatic carbocycles. The highest BCUT2D eigenvalue weighted by Crippen LogP contribution is 1.94. The van der Waals surface area contributed by atoms with E-state index in [1.807, 2.05) is 12.1 Å². The van der Waals surface area contributed by atoms with Crippen LogP contribution in [0.1, 0.15) is 12.8 Å². The Morgan fingerprint density at radius 1 is 1.31 bits per heavy atom. The number of carbonyl (C=O) groups is 1. The minimum atomic E-state index is -0.853. The summed E-state index contributed by atoms with van der Waals surface area (Å²) >= 11 is 0. The Kier molecular flexibility index (Phi) is 6.21. The lowest BCUT2D eigenvalue weighted by Gasteiger charge is -2.13. The molecule has 5 nitrogen and oxygen atoms in total. The fraction of sp³-hybridized carbons (Fsp3) is 0.625. The van der Waals surface area contributed by atoms with Gasteiger partial charge in [-0.2, -0.15) is 10.5 Å². The van der Waals surface area contributed by atoms with Crippen LogP contribution in [0.4, 0.5) is 0 Å². The first-order valence-electron chi connectivity index (χ1n) is 3.88. The first-order chi connectivity index (χ1) is 6.20. The molecule has 0 fully saturated rings. The molecule has 0 aromatic heterocycles. The van der Waals surface area contributed by atoms with E-state index in [-0.39, 0.29) is 19.5 Å². The third-order valence-corrected chi connectivity index (χ3v) is 1.45. The van der Waals surface area contributed by atoms with Crippen LogP contribution in [0.3, 0.4) is 0 Å². The summed E-state index contributed by atoms with van der Waals surface area (Å²) in [4.78, 5) is 11.8. The molecule has 5 heteroatoms. The van der Waals surface area contributed by atoms with Crippen LogP contribution in [0.25, 0.3) is 0 Å². The van der Waals surface area contributed by atoms with E-state index in [4.69, 9.17) is 15.6 Å². The summed E-state index contributed by atoms with van der Waals surface area (Å²) in [5.74, 6) is -0.853. The summed E-state index contributed by atoms with van der Waals surface area (Å²) < 4.78 is 0. The molecule has 0 radical (unpaired) electrons. The van der Waals surface area contributed by atoms with Crippen molar-refractivity contribution in [1.29, 1.82) is 10.5 Å². The highest BCUT2D eigenvalue weighted by molar-refractivity contribution is 5.66. The predicted octanol–water partition coefficient (Wildman–Crippen LogP) is 0.200. The van der Waals surface area contributed by atoms with Crippen molar-refractivity contribution < 1.29 is 9.90 Å². The van der Waals surface area contributed by atoms with Crippen molar-refractivity contribution in [1.82, 2.24) is 4.90 Å². The lowest BCUT2D eigenvalue weighted by Crippen LogP contribution is -2.26. The number of nitriles is 2. The van der Waals surface area contributed by atoms with Gasteiger partial charge >= 0.3 is 5.97 Å². The molecule has 0 aromatic rings. The third-order valence-electron chi connectivity index (χ3n) is 1.45. The zero-order chi connectivity index (χ0) is 10.1. The van der Waals surface area contributed by atoms with Crippen molar-refractivity contribution in [3.05, 3.63) is 0 Å². The lowest BCUT2D eigenvalue weighted by molar-refractivity contribution is -0.137. The van der Waals surface area contributed by atoms with Gasteiger partial charge in [0.25, 0.3) is 0 Å². The van der Waals surface area contributed by atoms with E-state index in [0.717, 1.165) is 0 Å². The molecule has 0 unspecified atom stereocenters. The van der Waals surface area contributed by atoms with Crippen molar-refractivity contribution in [3.8, 4) is 12.1 Å². The van der Waals surface area contributed by atoms with Gasteiger partial charge in [-0.15, -0.1) is 0 Å². The van der Waals surface area contributed by atoms with Gasteiger partial charge in [0.1, 0.15) is 0 Å². The van der Waals surface area contributed by atoms with Crippen molar-refractivity contribution >= 4 is 5.97 Å². The zero-order valence-electron chi connectivity index (χ0n) is 7.23. The summed E-state index contributed by atoms with van der Waals surface area (Å²) in [6.45, 7) is 0.827. The van der Waals surface area contributed by atoms with Gasteiger partial charge in [-0.1, -0.05) is 0 Å². The summed E-state index contributed by atoms with van der Waals surface area (Å²) in [5.41, 5.74) is 0. The fourth-order valence-corrected chi connectivity index (χ4v) is 0.868. The molecule has 0 amide bonds. The van der Waals surface area contributed by atoms with Crippen LogP contribution in [-0.2, 0) is 4.79 Å². The lowest BCUT2D eigenvalue weighted by atomic mass is 10.3. The van der Waals surface area contributed by atoms with Gasteiger partial charge in [-0.25, -0.2) is 0 Å². The second kappa shape index (κ2) is 7.08.